The number of thioether (sulfide) groups is 1. The van der Waals surface area contributed by atoms with Crippen LogP contribution in [0.2, 0.25) is 0 Å². The van der Waals surface area contributed by atoms with Crippen molar-refractivity contribution in [3.05, 3.63) is 30.6 Å². The van der Waals surface area contributed by atoms with Crippen molar-refractivity contribution >= 4 is 79.3 Å². The number of esters is 1. The van der Waals surface area contributed by atoms with E-state index in [1.807, 2.05) is 22.6 Å². The zero-order valence-corrected chi connectivity index (χ0v) is 16.5. The van der Waals surface area contributed by atoms with Crippen molar-refractivity contribution in [2.75, 3.05) is 0 Å². The van der Waals surface area contributed by atoms with Gasteiger partial charge in [-0.05, 0) is 52.6 Å². The Balaban J connectivity index is 2.38. The zero-order chi connectivity index (χ0) is 17.1. The summed E-state index contributed by atoms with van der Waals surface area (Å²) in [5.74, 6) is -0.842. The molecule has 0 radical (unpaired) electrons. The summed E-state index contributed by atoms with van der Waals surface area (Å²) in [4.78, 5) is 38.3. The molecule has 0 bridgehead atoms. The van der Waals surface area contributed by atoms with Crippen LogP contribution in [0.25, 0.3) is 6.08 Å². The minimum Gasteiger partial charge on any atom is -0.425 e. The molecule has 1 aromatic rings. The van der Waals surface area contributed by atoms with E-state index in [9.17, 15) is 14.4 Å². The van der Waals surface area contributed by atoms with Crippen molar-refractivity contribution in [3.63, 3.8) is 0 Å². The molecule has 0 aliphatic carbocycles. The molecule has 1 aliphatic rings. The second-order valence-electron chi connectivity index (χ2n) is 4.41. The van der Waals surface area contributed by atoms with E-state index in [0.717, 1.165) is 19.8 Å². The van der Waals surface area contributed by atoms with Gasteiger partial charge in [0.25, 0.3) is 5.91 Å². The van der Waals surface area contributed by atoms with Crippen LogP contribution in [0.15, 0.2) is 26.5 Å². The number of ether oxygens (including phenoxy) is 1. The lowest BCUT2D eigenvalue weighted by Crippen LogP contribution is -2.23. The van der Waals surface area contributed by atoms with Gasteiger partial charge in [-0.15, -0.1) is 0 Å². The van der Waals surface area contributed by atoms with Crippen molar-refractivity contribution in [2.45, 2.75) is 13.8 Å². The fourth-order valence-electron chi connectivity index (χ4n) is 1.69. The summed E-state index contributed by atoms with van der Waals surface area (Å²) in [5.41, 5.74) is 0.564. The van der Waals surface area contributed by atoms with Gasteiger partial charge < -0.3 is 10.1 Å². The number of halogens is 2. The molecule has 120 valence electrons. The van der Waals surface area contributed by atoms with E-state index in [4.69, 9.17) is 4.74 Å². The highest BCUT2D eigenvalue weighted by atomic mass is 127. The van der Waals surface area contributed by atoms with E-state index in [-0.39, 0.29) is 11.1 Å². The normalized spacial score (nSPS) is 15.6. The van der Waals surface area contributed by atoms with Crippen LogP contribution < -0.4 is 10.1 Å². The van der Waals surface area contributed by atoms with Crippen LogP contribution in [0.1, 0.15) is 19.4 Å². The van der Waals surface area contributed by atoms with Gasteiger partial charge in [-0.2, -0.15) is 4.99 Å². The van der Waals surface area contributed by atoms with Crippen molar-refractivity contribution < 1.29 is 19.1 Å². The molecule has 6 nitrogen and oxygen atoms in total. The Morgan fingerprint density at radius 3 is 2.70 bits per heavy atom. The van der Waals surface area contributed by atoms with Crippen LogP contribution >= 0.6 is 50.3 Å². The van der Waals surface area contributed by atoms with Gasteiger partial charge in [-0.1, -0.05) is 15.9 Å². The first kappa shape index (κ1) is 18.1. The van der Waals surface area contributed by atoms with E-state index in [1.54, 1.807) is 18.2 Å². The molecular formula is C14H10BrIN2O4S. The van der Waals surface area contributed by atoms with Gasteiger partial charge in [-0.3, -0.25) is 14.4 Å². The van der Waals surface area contributed by atoms with E-state index < -0.39 is 11.9 Å². The standard InChI is InChI=1S/C14H10BrIN2O4S/c1-6(19)17-14-18-13(21)11(23-14)4-8-3-9(15)5-10(16)12(8)22-7(2)20/h3-5H,1-2H3,(H,17,18,19,21)/b11-4-. The zero-order valence-electron chi connectivity index (χ0n) is 12.0. The van der Waals surface area contributed by atoms with Crippen molar-refractivity contribution in [2.24, 2.45) is 4.99 Å². The number of amides is 2. The molecule has 1 N–H and O–H groups in total. The first-order valence-electron chi connectivity index (χ1n) is 6.24. The first-order chi connectivity index (χ1) is 10.8. The quantitative estimate of drug-likeness (QED) is 0.287. The molecule has 9 heteroatoms. The summed E-state index contributed by atoms with van der Waals surface area (Å²) < 4.78 is 6.73. The maximum atomic E-state index is 11.9. The number of hydrogen-bond acceptors (Lipinski definition) is 5. The summed E-state index contributed by atoms with van der Waals surface area (Å²) >= 11 is 6.47. The summed E-state index contributed by atoms with van der Waals surface area (Å²) in [6, 6.07) is 3.53. The minimum atomic E-state index is -0.456. The lowest BCUT2D eigenvalue weighted by atomic mass is 10.2. The van der Waals surface area contributed by atoms with Gasteiger partial charge in [0.1, 0.15) is 0 Å². The Hall–Kier alpha value is -1.20. The number of rotatable bonds is 2. The number of aliphatic imine (C=N–C) groups is 1. The molecule has 2 rings (SSSR count). The molecule has 0 saturated heterocycles. The second-order valence-corrected chi connectivity index (χ2v) is 7.52. The average molecular weight is 509 g/mol. The topological polar surface area (TPSA) is 84.8 Å². The lowest BCUT2D eigenvalue weighted by Gasteiger charge is -2.09. The predicted molar refractivity (Wildman–Crippen MR) is 100.0 cm³/mol. The van der Waals surface area contributed by atoms with Crippen LogP contribution in [0.5, 0.6) is 5.75 Å². The molecule has 1 aromatic carbocycles. The summed E-state index contributed by atoms with van der Waals surface area (Å²) in [6.07, 6.45) is 1.58. The molecule has 23 heavy (non-hydrogen) atoms. The van der Waals surface area contributed by atoms with Crippen molar-refractivity contribution in [3.8, 4) is 5.75 Å². The fraction of sp³-hybridized carbons (Fsp3) is 0.143. The maximum Gasteiger partial charge on any atom is 0.308 e. The van der Waals surface area contributed by atoms with Gasteiger partial charge in [0.2, 0.25) is 5.91 Å². The highest BCUT2D eigenvalue weighted by Gasteiger charge is 2.23. The van der Waals surface area contributed by atoms with Crippen molar-refractivity contribution in [1.29, 1.82) is 0 Å². The number of nitrogens with one attached hydrogen (secondary N) is 1. The van der Waals surface area contributed by atoms with Crippen LogP contribution in [0.3, 0.4) is 0 Å². The summed E-state index contributed by atoms with van der Waals surface area (Å²) in [5, 5.41) is 2.70. The average Bonchev–Trinajstić information content (AvgIpc) is 2.72. The molecular weight excluding hydrogens is 499 g/mol. The molecule has 0 spiro atoms. The number of benzene rings is 1. The highest BCUT2D eigenvalue weighted by Crippen LogP contribution is 2.35. The van der Waals surface area contributed by atoms with Crippen LogP contribution in [-0.2, 0) is 14.4 Å². The maximum absolute atomic E-state index is 11.9. The van der Waals surface area contributed by atoms with Gasteiger partial charge in [-0.25, -0.2) is 0 Å². The molecule has 0 unspecified atom stereocenters. The smallest absolute Gasteiger partial charge is 0.308 e. The highest BCUT2D eigenvalue weighted by molar-refractivity contribution is 14.1. The Morgan fingerprint density at radius 1 is 1.39 bits per heavy atom. The Morgan fingerprint density at radius 2 is 2.09 bits per heavy atom. The van der Waals surface area contributed by atoms with Crippen LogP contribution in [0, 0.1) is 3.57 Å². The number of carbonyl (C=O) groups excluding carboxylic acids is 3. The van der Waals surface area contributed by atoms with Crippen LogP contribution in [0.4, 0.5) is 0 Å². The number of carbonyl (C=O) groups is 3. The number of hydrogen-bond donors (Lipinski definition) is 1. The fourth-order valence-corrected chi connectivity index (χ4v) is 4.20. The number of amidine groups is 1. The second kappa shape index (κ2) is 7.58. The Kier molecular flexibility index (Phi) is 5.98. The molecule has 1 heterocycles. The SMILES string of the molecule is CC(=O)NC1=NC(=O)/C(=C/c2cc(Br)cc(I)c2OC(C)=O)S1. The van der Waals surface area contributed by atoms with Crippen LogP contribution in [-0.4, -0.2) is 23.0 Å². The minimum absolute atomic E-state index is 0.229. The predicted octanol–water partition coefficient (Wildman–Crippen LogP) is 3.09. The third kappa shape index (κ3) is 4.88. The first-order valence-corrected chi connectivity index (χ1v) is 8.92. The molecule has 0 saturated carbocycles. The van der Waals surface area contributed by atoms with Crippen molar-refractivity contribution in [1.82, 2.24) is 5.32 Å². The third-order valence-electron chi connectivity index (χ3n) is 2.47. The Labute approximate surface area is 158 Å². The lowest BCUT2D eigenvalue weighted by molar-refractivity contribution is -0.132. The largest absolute Gasteiger partial charge is 0.425 e. The third-order valence-corrected chi connectivity index (χ3v) is 4.63. The molecule has 0 fully saturated rings. The molecule has 0 atom stereocenters. The summed E-state index contributed by atoms with van der Waals surface area (Å²) in [6.45, 7) is 2.65. The van der Waals surface area contributed by atoms with E-state index in [1.165, 1.54) is 13.8 Å². The molecule has 2 amide bonds. The molecule has 0 aromatic heterocycles. The van der Waals surface area contributed by atoms with E-state index in [0.29, 0.717) is 16.2 Å². The van der Waals surface area contributed by atoms with E-state index in [2.05, 4.69) is 26.2 Å². The number of nitrogens with zero attached hydrogens (tertiary/aromatic N) is 1. The van der Waals surface area contributed by atoms with Gasteiger partial charge in [0.15, 0.2) is 10.9 Å². The monoisotopic (exact) mass is 508 g/mol. The molecule has 1 aliphatic heterocycles. The van der Waals surface area contributed by atoms with Gasteiger partial charge in [0, 0.05) is 23.9 Å². The van der Waals surface area contributed by atoms with Gasteiger partial charge in [0.05, 0.1) is 8.48 Å². The summed E-state index contributed by atoms with van der Waals surface area (Å²) in [7, 11) is 0. The Bertz CT molecular complexity index is 776. The van der Waals surface area contributed by atoms with E-state index >= 15 is 0 Å². The van der Waals surface area contributed by atoms with Gasteiger partial charge >= 0.3 is 5.97 Å².